The molecule has 27 heavy (non-hydrogen) atoms. The number of carbonyl (C=O) groups excluding carboxylic acids is 1. The largest absolute Gasteiger partial charge is 0.493 e. The molecule has 0 bridgehead atoms. The lowest BCUT2D eigenvalue weighted by molar-refractivity contribution is 0.102. The highest BCUT2D eigenvalue weighted by Crippen LogP contribution is 2.30. The molecule has 6 nitrogen and oxygen atoms in total. The van der Waals surface area contributed by atoms with Gasteiger partial charge in [0.05, 0.1) is 31.7 Å². The van der Waals surface area contributed by atoms with Crippen molar-refractivity contribution >= 4 is 23.0 Å². The van der Waals surface area contributed by atoms with Crippen LogP contribution in [-0.2, 0) is 0 Å². The Morgan fingerprint density at radius 3 is 2.26 bits per heavy atom. The molecule has 2 aromatic carbocycles. The van der Waals surface area contributed by atoms with Gasteiger partial charge in [-0.15, -0.1) is 0 Å². The second-order valence-corrected chi connectivity index (χ2v) is 5.98. The van der Waals surface area contributed by atoms with Crippen LogP contribution < -0.4 is 20.1 Å². The van der Waals surface area contributed by atoms with Crippen LogP contribution >= 0.6 is 0 Å². The van der Waals surface area contributed by atoms with Gasteiger partial charge in [-0.2, -0.15) is 0 Å². The highest BCUT2D eigenvalue weighted by molar-refractivity contribution is 6.04. The Hall–Kier alpha value is -3.54. The average Bonchev–Trinajstić information content (AvgIpc) is 2.70. The molecule has 0 aliphatic carbocycles. The second kappa shape index (κ2) is 8.23. The SMILES string of the molecule is COc1ccc(NC(=O)c2cncc(Nc3ccc(C)cc3)c2)cc1OC. The van der Waals surface area contributed by atoms with Crippen LogP contribution in [0, 0.1) is 6.92 Å². The number of carbonyl (C=O) groups is 1. The van der Waals surface area contributed by atoms with E-state index in [0.717, 1.165) is 11.4 Å². The Balaban J connectivity index is 1.74. The van der Waals surface area contributed by atoms with Gasteiger partial charge in [0, 0.05) is 23.6 Å². The number of aromatic nitrogens is 1. The van der Waals surface area contributed by atoms with Crippen LogP contribution in [0.25, 0.3) is 0 Å². The predicted molar refractivity (Wildman–Crippen MR) is 106 cm³/mol. The highest BCUT2D eigenvalue weighted by atomic mass is 16.5. The number of nitrogens with zero attached hydrogens (tertiary/aromatic N) is 1. The summed E-state index contributed by atoms with van der Waals surface area (Å²) < 4.78 is 10.5. The zero-order valence-corrected chi connectivity index (χ0v) is 15.4. The number of hydrogen-bond donors (Lipinski definition) is 2. The highest BCUT2D eigenvalue weighted by Gasteiger charge is 2.10. The predicted octanol–water partition coefficient (Wildman–Crippen LogP) is 4.40. The van der Waals surface area contributed by atoms with Crippen molar-refractivity contribution < 1.29 is 14.3 Å². The van der Waals surface area contributed by atoms with E-state index in [1.807, 2.05) is 31.2 Å². The fraction of sp³-hybridized carbons (Fsp3) is 0.143. The Morgan fingerprint density at radius 1 is 0.852 bits per heavy atom. The maximum absolute atomic E-state index is 12.6. The van der Waals surface area contributed by atoms with E-state index in [2.05, 4.69) is 15.6 Å². The van der Waals surface area contributed by atoms with Gasteiger partial charge in [0.15, 0.2) is 11.5 Å². The number of methoxy groups -OCH3 is 2. The van der Waals surface area contributed by atoms with Gasteiger partial charge in [0.25, 0.3) is 5.91 Å². The number of benzene rings is 2. The summed E-state index contributed by atoms with van der Waals surface area (Å²) in [6, 6.07) is 14.9. The van der Waals surface area contributed by atoms with E-state index in [1.165, 1.54) is 11.8 Å². The minimum Gasteiger partial charge on any atom is -0.493 e. The summed E-state index contributed by atoms with van der Waals surface area (Å²) in [6.07, 6.45) is 3.20. The van der Waals surface area contributed by atoms with Crippen molar-refractivity contribution in [1.82, 2.24) is 4.98 Å². The van der Waals surface area contributed by atoms with Gasteiger partial charge in [0.1, 0.15) is 0 Å². The number of ether oxygens (including phenoxy) is 2. The molecule has 6 heteroatoms. The van der Waals surface area contributed by atoms with E-state index in [0.29, 0.717) is 22.7 Å². The molecule has 1 amide bonds. The molecule has 0 unspecified atom stereocenters. The van der Waals surface area contributed by atoms with Crippen LogP contribution in [0.2, 0.25) is 0 Å². The molecule has 0 spiro atoms. The molecule has 1 heterocycles. The maximum Gasteiger partial charge on any atom is 0.257 e. The van der Waals surface area contributed by atoms with Crippen LogP contribution in [0.4, 0.5) is 17.1 Å². The first-order valence-electron chi connectivity index (χ1n) is 8.41. The Morgan fingerprint density at radius 2 is 1.56 bits per heavy atom. The maximum atomic E-state index is 12.6. The topological polar surface area (TPSA) is 72.5 Å². The summed E-state index contributed by atoms with van der Waals surface area (Å²) in [5.74, 6) is 0.881. The third-order valence-electron chi connectivity index (χ3n) is 3.98. The van der Waals surface area contributed by atoms with Crippen LogP contribution in [-0.4, -0.2) is 25.1 Å². The number of aryl methyl sites for hydroxylation is 1. The third-order valence-corrected chi connectivity index (χ3v) is 3.98. The summed E-state index contributed by atoms with van der Waals surface area (Å²) >= 11 is 0. The molecular formula is C21H21N3O3. The molecule has 0 saturated carbocycles. The third kappa shape index (κ3) is 4.55. The Bertz CT molecular complexity index is 940. The summed E-state index contributed by atoms with van der Waals surface area (Å²) in [5, 5.41) is 6.09. The van der Waals surface area contributed by atoms with Crippen molar-refractivity contribution in [3.63, 3.8) is 0 Å². The lowest BCUT2D eigenvalue weighted by Crippen LogP contribution is -2.12. The fourth-order valence-electron chi connectivity index (χ4n) is 2.55. The molecule has 3 rings (SSSR count). The summed E-state index contributed by atoms with van der Waals surface area (Å²) in [7, 11) is 3.11. The number of nitrogens with one attached hydrogen (secondary N) is 2. The smallest absolute Gasteiger partial charge is 0.257 e. The van der Waals surface area contributed by atoms with Crippen molar-refractivity contribution in [3.05, 3.63) is 72.1 Å². The van der Waals surface area contributed by atoms with E-state index in [9.17, 15) is 4.79 Å². The van der Waals surface area contributed by atoms with E-state index in [4.69, 9.17) is 9.47 Å². The van der Waals surface area contributed by atoms with Gasteiger partial charge in [-0.3, -0.25) is 9.78 Å². The monoisotopic (exact) mass is 363 g/mol. The summed E-state index contributed by atoms with van der Waals surface area (Å²) in [5.41, 5.74) is 3.90. The number of hydrogen-bond acceptors (Lipinski definition) is 5. The van der Waals surface area contributed by atoms with E-state index >= 15 is 0 Å². The number of amides is 1. The molecule has 0 atom stereocenters. The van der Waals surface area contributed by atoms with Gasteiger partial charge >= 0.3 is 0 Å². The molecule has 0 saturated heterocycles. The lowest BCUT2D eigenvalue weighted by Gasteiger charge is -2.11. The van der Waals surface area contributed by atoms with Crippen molar-refractivity contribution in [2.45, 2.75) is 6.92 Å². The molecule has 138 valence electrons. The minimum absolute atomic E-state index is 0.262. The standard InChI is InChI=1S/C21H21N3O3/c1-14-4-6-16(7-5-14)23-18-10-15(12-22-13-18)21(25)24-17-8-9-19(26-2)20(11-17)27-3/h4-13,23H,1-3H3,(H,24,25). The normalized spacial score (nSPS) is 10.2. The van der Waals surface area contributed by atoms with E-state index < -0.39 is 0 Å². The van der Waals surface area contributed by atoms with Crippen LogP contribution in [0.15, 0.2) is 60.9 Å². The van der Waals surface area contributed by atoms with Crippen LogP contribution in [0.1, 0.15) is 15.9 Å². The van der Waals surface area contributed by atoms with Crippen LogP contribution in [0.3, 0.4) is 0 Å². The van der Waals surface area contributed by atoms with Crippen molar-refractivity contribution in [2.24, 2.45) is 0 Å². The van der Waals surface area contributed by atoms with Gasteiger partial charge in [-0.1, -0.05) is 17.7 Å². The molecule has 0 aliphatic rings. The van der Waals surface area contributed by atoms with Gasteiger partial charge in [0.2, 0.25) is 0 Å². The van der Waals surface area contributed by atoms with E-state index in [1.54, 1.807) is 44.7 Å². The fourth-order valence-corrected chi connectivity index (χ4v) is 2.55. The second-order valence-electron chi connectivity index (χ2n) is 5.98. The van der Waals surface area contributed by atoms with Crippen molar-refractivity contribution in [2.75, 3.05) is 24.9 Å². The molecule has 3 aromatic rings. The van der Waals surface area contributed by atoms with Gasteiger partial charge < -0.3 is 20.1 Å². The first kappa shape index (κ1) is 18.3. The molecule has 1 aromatic heterocycles. The van der Waals surface area contributed by atoms with Crippen molar-refractivity contribution in [1.29, 1.82) is 0 Å². The lowest BCUT2D eigenvalue weighted by atomic mass is 10.2. The zero-order chi connectivity index (χ0) is 19.2. The van der Waals surface area contributed by atoms with Gasteiger partial charge in [-0.05, 0) is 37.3 Å². The Labute approximate surface area is 158 Å². The zero-order valence-electron chi connectivity index (χ0n) is 15.4. The molecule has 0 aliphatic heterocycles. The molecular weight excluding hydrogens is 342 g/mol. The average molecular weight is 363 g/mol. The van der Waals surface area contributed by atoms with Crippen LogP contribution in [0.5, 0.6) is 11.5 Å². The number of pyridine rings is 1. The molecule has 2 N–H and O–H groups in total. The summed E-state index contributed by atoms with van der Waals surface area (Å²) in [6.45, 7) is 2.03. The quantitative estimate of drug-likeness (QED) is 0.679. The first-order chi connectivity index (χ1) is 13.1. The minimum atomic E-state index is -0.262. The molecule has 0 fully saturated rings. The van der Waals surface area contributed by atoms with Gasteiger partial charge in [-0.25, -0.2) is 0 Å². The number of anilines is 3. The number of rotatable bonds is 6. The first-order valence-corrected chi connectivity index (χ1v) is 8.41. The Kier molecular flexibility index (Phi) is 5.56. The summed E-state index contributed by atoms with van der Waals surface area (Å²) in [4.78, 5) is 16.7. The van der Waals surface area contributed by atoms with E-state index in [-0.39, 0.29) is 5.91 Å². The van der Waals surface area contributed by atoms with Crippen molar-refractivity contribution in [3.8, 4) is 11.5 Å². The molecule has 0 radical (unpaired) electrons.